The average Bonchev–Trinajstić information content (AvgIpc) is 2.69. The molecule has 2 aromatic rings. The number of nitrogens with zero attached hydrogens (tertiary/aromatic N) is 1. The predicted molar refractivity (Wildman–Crippen MR) is 114 cm³/mol. The Bertz CT molecular complexity index is 854. The Kier molecular flexibility index (Phi) is 6.36. The van der Waals surface area contributed by atoms with Gasteiger partial charge >= 0.3 is 0 Å². The van der Waals surface area contributed by atoms with Gasteiger partial charge in [-0.25, -0.2) is 0 Å². The molecule has 0 aromatic heterocycles. The van der Waals surface area contributed by atoms with Crippen molar-refractivity contribution in [2.24, 2.45) is 11.7 Å². The molecule has 4 N–H and O–H groups in total. The number of hydrogen-bond acceptors (Lipinski definition) is 5. The molecule has 3 rings (SSSR count). The number of nitrogen functional groups attached to an aromatic ring is 1. The number of carbonyl (C=O) groups is 1. The Morgan fingerprint density at radius 3 is 2.71 bits per heavy atom. The first kappa shape index (κ1) is 19.9. The highest BCUT2D eigenvalue weighted by Gasteiger charge is 2.25. The largest absolute Gasteiger partial charge is 0.492 e. The van der Waals surface area contributed by atoms with Gasteiger partial charge in [-0.1, -0.05) is 31.3 Å². The van der Waals surface area contributed by atoms with E-state index in [9.17, 15) is 4.79 Å². The Labute approximate surface area is 170 Å². The summed E-state index contributed by atoms with van der Waals surface area (Å²) in [5.41, 5.74) is 13.7. The van der Waals surface area contributed by atoms with Crippen molar-refractivity contribution in [2.45, 2.75) is 19.8 Å². The van der Waals surface area contributed by atoms with E-state index in [2.05, 4.69) is 6.92 Å². The normalized spacial score (nSPS) is 14.2. The smallest absolute Gasteiger partial charge is 0.260 e. The number of nitrogens with two attached hydrogens (primary N) is 2. The third-order valence-electron chi connectivity index (χ3n) is 4.83. The molecule has 0 saturated carbocycles. The highest BCUT2D eigenvalue weighted by Crippen LogP contribution is 2.26. The Morgan fingerprint density at radius 2 is 2.04 bits per heavy atom. The third kappa shape index (κ3) is 4.72. The molecule has 1 aliphatic heterocycles. The zero-order chi connectivity index (χ0) is 20.1. The van der Waals surface area contributed by atoms with Crippen LogP contribution < -0.4 is 20.9 Å². The van der Waals surface area contributed by atoms with Crippen LogP contribution in [0.15, 0.2) is 42.5 Å². The van der Waals surface area contributed by atoms with Crippen molar-refractivity contribution in [1.82, 2.24) is 4.90 Å². The van der Waals surface area contributed by atoms with Crippen molar-refractivity contribution in [3.63, 3.8) is 0 Å². The van der Waals surface area contributed by atoms with E-state index >= 15 is 0 Å². The molecule has 1 heterocycles. The molecule has 0 spiro atoms. The summed E-state index contributed by atoms with van der Waals surface area (Å²) in [6, 6.07) is 13.0. The van der Waals surface area contributed by atoms with Gasteiger partial charge in [0.2, 0.25) is 0 Å². The fourth-order valence-corrected chi connectivity index (χ4v) is 3.36. The van der Waals surface area contributed by atoms with Crippen LogP contribution in [0, 0.1) is 5.92 Å². The molecule has 0 fully saturated rings. The molecule has 0 aliphatic carbocycles. The van der Waals surface area contributed by atoms with Gasteiger partial charge in [0.1, 0.15) is 18.1 Å². The second kappa shape index (κ2) is 8.93. The van der Waals surface area contributed by atoms with E-state index < -0.39 is 0 Å². The number of benzene rings is 2. The first-order valence-corrected chi connectivity index (χ1v) is 9.71. The number of ether oxygens (including phenoxy) is 2. The van der Waals surface area contributed by atoms with E-state index in [-0.39, 0.29) is 18.6 Å². The zero-order valence-corrected chi connectivity index (χ0v) is 16.7. The molecular formula is C21H25N3O3S. The maximum atomic E-state index is 12.6. The van der Waals surface area contributed by atoms with Crippen LogP contribution in [0.5, 0.6) is 11.5 Å². The van der Waals surface area contributed by atoms with Crippen molar-refractivity contribution < 1.29 is 14.3 Å². The van der Waals surface area contributed by atoms with Crippen molar-refractivity contribution in [3.05, 3.63) is 53.6 Å². The topological polar surface area (TPSA) is 90.8 Å². The molecular weight excluding hydrogens is 374 g/mol. The highest BCUT2D eigenvalue weighted by atomic mass is 32.1. The molecule has 1 aliphatic rings. The molecule has 0 radical (unpaired) electrons. The van der Waals surface area contributed by atoms with E-state index in [4.69, 9.17) is 33.2 Å². The zero-order valence-electron chi connectivity index (χ0n) is 15.9. The van der Waals surface area contributed by atoms with E-state index in [0.29, 0.717) is 35.1 Å². The molecule has 28 heavy (non-hydrogen) atoms. The molecule has 0 saturated heterocycles. The quantitative estimate of drug-likeness (QED) is 0.524. The van der Waals surface area contributed by atoms with Gasteiger partial charge in [0.15, 0.2) is 6.73 Å². The summed E-state index contributed by atoms with van der Waals surface area (Å²) in [7, 11) is 0. The molecule has 1 amide bonds. The van der Waals surface area contributed by atoms with Crippen LogP contribution in [0.25, 0.3) is 0 Å². The highest BCUT2D eigenvalue weighted by molar-refractivity contribution is 7.80. The van der Waals surface area contributed by atoms with Gasteiger partial charge in [-0.15, -0.1) is 0 Å². The van der Waals surface area contributed by atoms with E-state index in [1.54, 1.807) is 23.1 Å². The summed E-state index contributed by atoms with van der Waals surface area (Å²) in [4.78, 5) is 14.7. The maximum Gasteiger partial charge on any atom is 0.260 e. The number of fused-ring (bicyclic) bond motifs is 1. The van der Waals surface area contributed by atoms with Crippen molar-refractivity contribution in [1.29, 1.82) is 0 Å². The van der Waals surface area contributed by atoms with Crippen molar-refractivity contribution in [2.75, 3.05) is 25.6 Å². The predicted octanol–water partition coefficient (Wildman–Crippen LogP) is 2.99. The summed E-state index contributed by atoms with van der Waals surface area (Å²) in [6.45, 7) is 3.08. The van der Waals surface area contributed by atoms with E-state index in [1.807, 2.05) is 24.3 Å². The van der Waals surface area contributed by atoms with Gasteiger partial charge in [0.25, 0.3) is 5.91 Å². The molecule has 6 nitrogen and oxygen atoms in total. The van der Waals surface area contributed by atoms with E-state index in [1.165, 1.54) is 5.56 Å². The third-order valence-corrected chi connectivity index (χ3v) is 5.16. The number of amides is 1. The monoisotopic (exact) mass is 399 g/mol. The summed E-state index contributed by atoms with van der Waals surface area (Å²) < 4.78 is 11.4. The Balaban J connectivity index is 1.51. The van der Waals surface area contributed by atoms with Gasteiger partial charge < -0.3 is 25.8 Å². The second-order valence-corrected chi connectivity index (χ2v) is 7.27. The standard InChI is InChI=1S/C21H25N3O3S/c1-2-15(20(23)28)11-14-3-6-17(7-4-14)26-10-9-24-13-27-19-8-5-16(22)12-18(19)21(24)25/h3-8,12,15H,2,9-11,13,22H2,1H3,(H2,23,28). The minimum absolute atomic E-state index is 0.101. The summed E-state index contributed by atoms with van der Waals surface area (Å²) in [5, 5.41) is 0. The Morgan fingerprint density at radius 1 is 1.29 bits per heavy atom. The molecule has 1 unspecified atom stereocenters. The molecule has 0 bridgehead atoms. The summed E-state index contributed by atoms with van der Waals surface area (Å²) in [6.07, 6.45) is 1.75. The average molecular weight is 400 g/mol. The number of hydrogen-bond donors (Lipinski definition) is 2. The lowest BCUT2D eigenvalue weighted by molar-refractivity contribution is 0.0482. The fourth-order valence-electron chi connectivity index (χ4n) is 3.11. The Hall–Kier alpha value is -2.80. The van der Waals surface area contributed by atoms with Crippen LogP contribution in [-0.4, -0.2) is 35.7 Å². The number of anilines is 1. The van der Waals surface area contributed by atoms with Gasteiger partial charge in [-0.05, 0) is 48.7 Å². The van der Waals surface area contributed by atoms with Gasteiger partial charge in [-0.3, -0.25) is 4.79 Å². The lowest BCUT2D eigenvalue weighted by Gasteiger charge is -2.28. The molecule has 2 aromatic carbocycles. The number of rotatable bonds is 8. The van der Waals surface area contributed by atoms with E-state index in [0.717, 1.165) is 18.6 Å². The van der Waals surface area contributed by atoms with Gasteiger partial charge in [0, 0.05) is 11.6 Å². The summed E-state index contributed by atoms with van der Waals surface area (Å²) in [5.74, 6) is 1.43. The van der Waals surface area contributed by atoms with Crippen molar-refractivity contribution in [3.8, 4) is 11.5 Å². The maximum absolute atomic E-state index is 12.6. The van der Waals surface area contributed by atoms with Crippen molar-refractivity contribution >= 4 is 28.8 Å². The lowest BCUT2D eigenvalue weighted by atomic mass is 9.97. The molecule has 7 heteroatoms. The first-order chi connectivity index (χ1) is 13.5. The first-order valence-electron chi connectivity index (χ1n) is 9.30. The van der Waals surface area contributed by atoms with Crippen LogP contribution >= 0.6 is 12.2 Å². The van der Waals surface area contributed by atoms with Crippen LogP contribution in [0.2, 0.25) is 0 Å². The second-order valence-electron chi connectivity index (χ2n) is 6.80. The summed E-state index contributed by atoms with van der Waals surface area (Å²) >= 11 is 5.11. The van der Waals surface area contributed by atoms with Crippen LogP contribution in [0.1, 0.15) is 29.3 Å². The molecule has 1 atom stereocenters. The number of thiocarbonyl (C=S) groups is 1. The van der Waals surface area contributed by atoms with Gasteiger partial charge in [-0.2, -0.15) is 0 Å². The van der Waals surface area contributed by atoms with Crippen LogP contribution in [-0.2, 0) is 6.42 Å². The minimum Gasteiger partial charge on any atom is -0.492 e. The number of carbonyl (C=O) groups excluding carboxylic acids is 1. The van der Waals surface area contributed by atoms with Crippen LogP contribution in [0.4, 0.5) is 5.69 Å². The van der Waals surface area contributed by atoms with Crippen LogP contribution in [0.3, 0.4) is 0 Å². The SMILES string of the molecule is CCC(Cc1ccc(OCCN2COc3ccc(N)cc3C2=O)cc1)C(N)=S. The van der Waals surface area contributed by atoms with Gasteiger partial charge in [0.05, 0.1) is 17.1 Å². The minimum atomic E-state index is -0.101. The molecule has 148 valence electrons. The lowest BCUT2D eigenvalue weighted by Crippen LogP contribution is -2.41. The fraction of sp³-hybridized carbons (Fsp3) is 0.333.